The number of benzene rings is 2. The van der Waals surface area contributed by atoms with E-state index < -0.39 is 6.10 Å². The topological polar surface area (TPSA) is 83.8 Å². The summed E-state index contributed by atoms with van der Waals surface area (Å²) in [4.78, 5) is 20.8. The minimum atomic E-state index is -0.525. The summed E-state index contributed by atoms with van der Waals surface area (Å²) in [5.74, 6) is 0.722. The molecule has 0 aliphatic rings. The first kappa shape index (κ1) is 18.9. The van der Waals surface area contributed by atoms with Crippen LogP contribution in [0.15, 0.2) is 76.9 Å². The van der Waals surface area contributed by atoms with Crippen molar-refractivity contribution in [1.29, 1.82) is 0 Å². The monoisotopic (exact) mass is 431 g/mol. The Morgan fingerprint density at radius 3 is 2.73 bits per heavy atom. The summed E-state index contributed by atoms with van der Waals surface area (Å²) in [6.07, 6.45) is 2.86. The molecule has 1 atom stereocenters. The molecule has 0 saturated heterocycles. The van der Waals surface area contributed by atoms with E-state index in [-0.39, 0.29) is 0 Å². The quantitative estimate of drug-likeness (QED) is 0.376. The zero-order valence-electron chi connectivity index (χ0n) is 16.0. The van der Waals surface area contributed by atoms with Crippen LogP contribution in [0.25, 0.3) is 21.3 Å². The van der Waals surface area contributed by atoms with E-state index in [1.165, 1.54) is 11.3 Å². The zero-order chi connectivity index (χ0) is 20.5. The molecular weight excluding hydrogens is 414 g/mol. The van der Waals surface area contributed by atoms with Crippen LogP contribution in [-0.4, -0.2) is 25.0 Å². The van der Waals surface area contributed by atoms with E-state index in [2.05, 4.69) is 20.3 Å². The summed E-state index contributed by atoms with van der Waals surface area (Å²) < 4.78 is 0. The standard InChI is InChI=1S/C22H17N5OS2/c1-13(28)15-6-3-5-9-19(15)29-14-10-18-21(23-11-14)30-22(26-18)27-20-16-7-2-4-8-17(16)24-12-25-20/h2-13,28H,1H3,(H,24,25,26,27). The van der Waals surface area contributed by atoms with E-state index >= 15 is 0 Å². The van der Waals surface area contributed by atoms with Crippen LogP contribution in [0, 0.1) is 0 Å². The molecule has 6 nitrogen and oxygen atoms in total. The van der Waals surface area contributed by atoms with Crippen molar-refractivity contribution in [3.8, 4) is 0 Å². The number of nitrogens with one attached hydrogen (secondary N) is 1. The molecule has 0 amide bonds. The fraction of sp³-hybridized carbons (Fsp3) is 0.0909. The summed E-state index contributed by atoms with van der Waals surface area (Å²) in [5, 5.41) is 15.0. The van der Waals surface area contributed by atoms with Gasteiger partial charge in [-0.05, 0) is 36.8 Å². The first-order chi connectivity index (χ1) is 14.7. The van der Waals surface area contributed by atoms with Crippen molar-refractivity contribution < 1.29 is 5.11 Å². The molecule has 0 bridgehead atoms. The molecule has 0 fully saturated rings. The maximum atomic E-state index is 10.0. The first-order valence-corrected chi connectivity index (χ1v) is 11.0. The second kappa shape index (κ2) is 7.98. The van der Waals surface area contributed by atoms with Gasteiger partial charge in [-0.25, -0.2) is 19.9 Å². The minimum absolute atomic E-state index is 0.525. The number of para-hydroxylation sites is 1. The average Bonchev–Trinajstić information content (AvgIpc) is 3.16. The number of rotatable bonds is 5. The summed E-state index contributed by atoms with van der Waals surface area (Å²) in [6.45, 7) is 1.77. The van der Waals surface area contributed by atoms with Crippen LogP contribution in [0.4, 0.5) is 10.9 Å². The number of pyridine rings is 1. The number of nitrogens with zero attached hydrogens (tertiary/aromatic N) is 4. The van der Waals surface area contributed by atoms with Gasteiger partial charge in [0.15, 0.2) is 5.13 Å². The molecule has 0 spiro atoms. The highest BCUT2D eigenvalue weighted by Crippen LogP contribution is 2.35. The van der Waals surface area contributed by atoms with Gasteiger partial charge in [-0.3, -0.25) is 0 Å². The van der Waals surface area contributed by atoms with Gasteiger partial charge in [-0.1, -0.05) is 53.4 Å². The molecule has 0 saturated carbocycles. The minimum Gasteiger partial charge on any atom is -0.389 e. The molecule has 3 aromatic heterocycles. The van der Waals surface area contributed by atoms with Crippen LogP contribution in [0.3, 0.4) is 0 Å². The lowest BCUT2D eigenvalue weighted by molar-refractivity contribution is 0.196. The zero-order valence-corrected chi connectivity index (χ0v) is 17.6. The summed E-state index contributed by atoms with van der Waals surface area (Å²) >= 11 is 3.05. The van der Waals surface area contributed by atoms with Crippen molar-refractivity contribution >= 4 is 55.3 Å². The predicted octanol–water partition coefficient (Wildman–Crippen LogP) is 5.58. The van der Waals surface area contributed by atoms with Gasteiger partial charge in [0, 0.05) is 21.4 Å². The first-order valence-electron chi connectivity index (χ1n) is 9.35. The summed E-state index contributed by atoms with van der Waals surface area (Å²) in [5.41, 5.74) is 2.60. The third-order valence-electron chi connectivity index (χ3n) is 4.59. The molecule has 8 heteroatoms. The molecule has 30 heavy (non-hydrogen) atoms. The normalized spacial score (nSPS) is 12.3. The Hall–Kier alpha value is -3.07. The van der Waals surface area contributed by atoms with Crippen LogP contribution in [-0.2, 0) is 0 Å². The van der Waals surface area contributed by atoms with Gasteiger partial charge in [-0.2, -0.15) is 0 Å². The molecule has 2 N–H and O–H groups in total. The summed E-state index contributed by atoms with van der Waals surface area (Å²) in [7, 11) is 0. The molecule has 5 rings (SSSR count). The van der Waals surface area contributed by atoms with Crippen molar-refractivity contribution in [2.24, 2.45) is 0 Å². The molecular formula is C22H17N5OS2. The van der Waals surface area contributed by atoms with E-state index in [1.54, 1.807) is 25.0 Å². The SMILES string of the molecule is CC(O)c1ccccc1Sc1cnc2sc(Nc3ncnc4ccccc34)nc2c1. The molecule has 0 aliphatic carbocycles. The van der Waals surface area contributed by atoms with Crippen LogP contribution >= 0.6 is 23.1 Å². The van der Waals surface area contributed by atoms with E-state index in [0.717, 1.165) is 47.6 Å². The van der Waals surface area contributed by atoms with Crippen molar-refractivity contribution in [1.82, 2.24) is 19.9 Å². The van der Waals surface area contributed by atoms with Crippen molar-refractivity contribution in [2.75, 3.05) is 5.32 Å². The molecule has 3 heterocycles. The Balaban J connectivity index is 1.45. The van der Waals surface area contributed by atoms with Crippen LogP contribution in [0.2, 0.25) is 0 Å². The van der Waals surface area contributed by atoms with E-state index in [0.29, 0.717) is 0 Å². The smallest absolute Gasteiger partial charge is 0.190 e. The maximum absolute atomic E-state index is 10.0. The average molecular weight is 432 g/mol. The lowest BCUT2D eigenvalue weighted by atomic mass is 10.1. The largest absolute Gasteiger partial charge is 0.389 e. The molecule has 148 valence electrons. The highest BCUT2D eigenvalue weighted by molar-refractivity contribution is 7.99. The third kappa shape index (κ3) is 3.72. The lowest BCUT2D eigenvalue weighted by Crippen LogP contribution is -1.95. The predicted molar refractivity (Wildman–Crippen MR) is 121 cm³/mol. The van der Waals surface area contributed by atoms with Crippen LogP contribution in [0.1, 0.15) is 18.6 Å². The Bertz CT molecular complexity index is 1350. The van der Waals surface area contributed by atoms with Gasteiger partial charge in [0.25, 0.3) is 0 Å². The Labute approximate surface area is 181 Å². The number of fused-ring (bicyclic) bond motifs is 2. The number of thiazole rings is 1. The fourth-order valence-electron chi connectivity index (χ4n) is 3.17. The van der Waals surface area contributed by atoms with Crippen LogP contribution in [0.5, 0.6) is 0 Å². The number of aliphatic hydroxyl groups is 1. The second-order valence-electron chi connectivity index (χ2n) is 6.69. The van der Waals surface area contributed by atoms with Gasteiger partial charge in [0.2, 0.25) is 0 Å². The lowest BCUT2D eigenvalue weighted by Gasteiger charge is -2.10. The number of hydrogen-bond acceptors (Lipinski definition) is 8. The molecule has 1 unspecified atom stereocenters. The van der Waals surface area contributed by atoms with E-state index in [1.807, 2.05) is 60.8 Å². The molecule has 2 aromatic carbocycles. The highest BCUT2D eigenvalue weighted by atomic mass is 32.2. The molecule has 0 aliphatic heterocycles. The van der Waals surface area contributed by atoms with E-state index in [4.69, 9.17) is 4.98 Å². The van der Waals surface area contributed by atoms with Crippen molar-refractivity contribution in [3.05, 3.63) is 72.7 Å². The van der Waals surface area contributed by atoms with Gasteiger partial charge in [0.05, 0.1) is 11.6 Å². The van der Waals surface area contributed by atoms with Gasteiger partial charge in [-0.15, -0.1) is 0 Å². The highest BCUT2D eigenvalue weighted by Gasteiger charge is 2.12. The summed E-state index contributed by atoms with van der Waals surface area (Å²) in [6, 6.07) is 17.7. The van der Waals surface area contributed by atoms with Gasteiger partial charge in [0.1, 0.15) is 22.5 Å². The number of aromatic nitrogens is 4. The maximum Gasteiger partial charge on any atom is 0.190 e. The number of anilines is 2. The Morgan fingerprint density at radius 1 is 1.00 bits per heavy atom. The Morgan fingerprint density at radius 2 is 1.83 bits per heavy atom. The van der Waals surface area contributed by atoms with Gasteiger partial charge >= 0.3 is 0 Å². The Kier molecular flexibility index (Phi) is 5.04. The number of aliphatic hydroxyl groups excluding tert-OH is 1. The fourth-order valence-corrected chi connectivity index (χ4v) is 4.99. The van der Waals surface area contributed by atoms with Gasteiger partial charge < -0.3 is 10.4 Å². The van der Waals surface area contributed by atoms with Crippen molar-refractivity contribution in [2.45, 2.75) is 22.8 Å². The second-order valence-corrected chi connectivity index (χ2v) is 8.79. The van der Waals surface area contributed by atoms with E-state index in [9.17, 15) is 5.11 Å². The third-order valence-corrected chi connectivity index (χ3v) is 6.53. The van der Waals surface area contributed by atoms with Crippen molar-refractivity contribution in [3.63, 3.8) is 0 Å². The van der Waals surface area contributed by atoms with Crippen LogP contribution < -0.4 is 5.32 Å². The number of hydrogen-bond donors (Lipinski definition) is 2. The molecule has 5 aromatic rings. The molecule has 0 radical (unpaired) electrons.